The third kappa shape index (κ3) is 3.66. The predicted octanol–water partition coefficient (Wildman–Crippen LogP) is 5.62. The van der Waals surface area contributed by atoms with E-state index in [4.69, 9.17) is 11.6 Å². The first-order valence-corrected chi connectivity index (χ1v) is 13.3. The summed E-state index contributed by atoms with van der Waals surface area (Å²) >= 11 is 6.43. The molecule has 0 amide bonds. The van der Waals surface area contributed by atoms with Crippen LogP contribution in [-0.4, -0.2) is 39.9 Å². The molecule has 2 aliphatic heterocycles. The Morgan fingerprint density at radius 3 is 2.49 bits per heavy atom. The van der Waals surface area contributed by atoms with E-state index >= 15 is 0 Å². The number of hydrogen-bond acceptors (Lipinski definition) is 4. The minimum Gasteiger partial charge on any atom is -0.303 e. The van der Waals surface area contributed by atoms with Gasteiger partial charge in [0, 0.05) is 12.0 Å². The fourth-order valence-electron chi connectivity index (χ4n) is 6.73. The monoisotopic (exact) mass is 489 g/mol. The van der Waals surface area contributed by atoms with Gasteiger partial charge in [-0.25, -0.2) is 0 Å². The van der Waals surface area contributed by atoms with E-state index in [2.05, 4.69) is 46.5 Å². The predicted molar refractivity (Wildman–Crippen MR) is 140 cm³/mol. The molecule has 35 heavy (non-hydrogen) atoms. The first-order chi connectivity index (χ1) is 16.9. The van der Waals surface area contributed by atoms with Crippen LogP contribution >= 0.6 is 11.6 Å². The van der Waals surface area contributed by atoms with Gasteiger partial charge in [-0.15, -0.1) is 0 Å². The van der Waals surface area contributed by atoms with Crippen LogP contribution in [0.25, 0.3) is 16.6 Å². The van der Waals surface area contributed by atoms with E-state index in [-0.39, 0.29) is 16.9 Å². The fraction of sp³-hybridized carbons (Fsp3) is 0.483. The number of rotatable bonds is 3. The van der Waals surface area contributed by atoms with Crippen molar-refractivity contribution < 1.29 is 4.79 Å². The molecule has 2 fully saturated rings. The van der Waals surface area contributed by atoms with Crippen LogP contribution in [0, 0.1) is 5.92 Å². The molecule has 6 rings (SSSR count). The van der Waals surface area contributed by atoms with Crippen molar-refractivity contribution in [3.8, 4) is 5.69 Å². The van der Waals surface area contributed by atoms with E-state index < -0.39 is 0 Å². The molecule has 1 saturated carbocycles. The molecular weight excluding hydrogens is 458 g/mol. The van der Waals surface area contributed by atoms with Gasteiger partial charge in [-0.3, -0.25) is 9.36 Å². The highest BCUT2D eigenvalue weighted by atomic mass is 35.5. The van der Waals surface area contributed by atoms with E-state index in [9.17, 15) is 9.59 Å². The van der Waals surface area contributed by atoms with Gasteiger partial charge in [0.15, 0.2) is 0 Å². The molecule has 0 radical (unpaired) electrons. The van der Waals surface area contributed by atoms with E-state index in [0.717, 1.165) is 74.9 Å². The number of aromatic nitrogens is 2. The SMILES string of the molecule is CC1(C)c2ccc(C3CCN(C4CCC(C=O)CC4)CC3)cc2-n2c1nc(=O)c1c(Cl)cccc12. The molecule has 3 aliphatic rings. The standard InChI is InChI=1S/C29H32ClN3O2/c1-29(2)22-11-8-20(19-12-14-32(15-13-19)21-9-6-18(17-34)7-10-21)16-25(22)33-24-5-3-4-23(30)26(24)27(35)31-28(29)33/h3-5,8,11,16-19,21H,6-7,9-10,12-15H2,1-2H3. The molecule has 0 bridgehead atoms. The second-order valence-electron chi connectivity index (χ2n) is 11.1. The Labute approximate surface area is 211 Å². The number of carbonyl (C=O) groups excluding carboxylic acids is 1. The van der Waals surface area contributed by atoms with E-state index in [1.54, 1.807) is 6.07 Å². The van der Waals surface area contributed by atoms with Crippen molar-refractivity contribution in [1.82, 2.24) is 14.5 Å². The van der Waals surface area contributed by atoms with Crippen LogP contribution in [-0.2, 0) is 10.2 Å². The molecule has 1 aliphatic carbocycles. The Balaban J connectivity index is 1.31. The summed E-state index contributed by atoms with van der Waals surface area (Å²) in [6.45, 7) is 6.52. The molecule has 5 nitrogen and oxygen atoms in total. The smallest absolute Gasteiger partial charge is 0.282 e. The summed E-state index contributed by atoms with van der Waals surface area (Å²) in [4.78, 5) is 31.2. The van der Waals surface area contributed by atoms with Gasteiger partial charge in [0.1, 0.15) is 12.1 Å². The third-order valence-electron chi connectivity index (χ3n) is 8.81. The zero-order valence-electron chi connectivity index (χ0n) is 20.5. The molecule has 3 heterocycles. The molecule has 0 spiro atoms. The maximum atomic E-state index is 12.9. The molecule has 0 N–H and O–H groups in total. The average molecular weight is 490 g/mol. The van der Waals surface area contributed by atoms with Crippen LogP contribution in [0.2, 0.25) is 5.02 Å². The summed E-state index contributed by atoms with van der Waals surface area (Å²) in [5.74, 6) is 1.58. The molecule has 2 aromatic carbocycles. The van der Waals surface area contributed by atoms with E-state index in [1.165, 1.54) is 11.1 Å². The summed E-state index contributed by atoms with van der Waals surface area (Å²) in [7, 11) is 0. The summed E-state index contributed by atoms with van der Waals surface area (Å²) in [6, 6.07) is 13.1. The highest BCUT2D eigenvalue weighted by Gasteiger charge is 2.39. The first kappa shape index (κ1) is 22.9. The molecule has 0 unspecified atom stereocenters. The molecular formula is C29H32ClN3O2. The Kier molecular flexibility index (Phi) is 5.61. The van der Waals surface area contributed by atoms with E-state index in [0.29, 0.717) is 22.4 Å². The molecule has 3 aromatic rings. The number of halogens is 1. The van der Waals surface area contributed by atoms with Crippen LogP contribution < -0.4 is 5.56 Å². The van der Waals surface area contributed by atoms with Crippen LogP contribution in [0.5, 0.6) is 0 Å². The van der Waals surface area contributed by atoms with Crippen molar-refractivity contribution >= 4 is 28.8 Å². The third-order valence-corrected chi connectivity index (χ3v) is 9.13. The van der Waals surface area contributed by atoms with Crippen molar-refractivity contribution in [1.29, 1.82) is 0 Å². The minimum atomic E-state index is -0.354. The maximum Gasteiger partial charge on any atom is 0.282 e. The van der Waals surface area contributed by atoms with Crippen LogP contribution in [0.1, 0.15) is 75.2 Å². The summed E-state index contributed by atoms with van der Waals surface area (Å²) < 4.78 is 2.15. The lowest BCUT2D eigenvalue weighted by molar-refractivity contribution is -0.112. The average Bonchev–Trinajstić information content (AvgIpc) is 3.10. The number of piperidine rings is 1. The number of benzene rings is 2. The Bertz CT molecular complexity index is 1360. The highest BCUT2D eigenvalue weighted by molar-refractivity contribution is 6.35. The minimum absolute atomic E-state index is 0.257. The molecule has 1 saturated heterocycles. The first-order valence-electron chi connectivity index (χ1n) is 12.9. The van der Waals surface area contributed by atoms with E-state index in [1.807, 2.05) is 12.1 Å². The summed E-state index contributed by atoms with van der Waals surface area (Å²) in [5.41, 5.74) is 3.91. The number of fused-ring (bicyclic) bond motifs is 5. The fourth-order valence-corrected chi connectivity index (χ4v) is 6.98. The second-order valence-corrected chi connectivity index (χ2v) is 11.5. The number of carbonyl (C=O) groups is 1. The van der Waals surface area contributed by atoms with Crippen molar-refractivity contribution in [2.24, 2.45) is 5.92 Å². The zero-order valence-corrected chi connectivity index (χ0v) is 21.2. The van der Waals surface area contributed by atoms with Crippen molar-refractivity contribution in [3.63, 3.8) is 0 Å². The maximum absolute atomic E-state index is 12.9. The number of hydrogen-bond donors (Lipinski definition) is 0. The van der Waals surface area contributed by atoms with Gasteiger partial charge in [-0.05, 0) is 101 Å². The largest absolute Gasteiger partial charge is 0.303 e. The van der Waals surface area contributed by atoms with Gasteiger partial charge in [-0.2, -0.15) is 4.98 Å². The number of likely N-dealkylation sites (tertiary alicyclic amines) is 1. The molecule has 6 heteroatoms. The lowest BCUT2D eigenvalue weighted by Crippen LogP contribution is -2.42. The quantitative estimate of drug-likeness (QED) is 0.448. The van der Waals surface area contributed by atoms with Crippen molar-refractivity contribution in [2.45, 2.75) is 69.7 Å². The van der Waals surface area contributed by atoms with Gasteiger partial charge in [-0.1, -0.05) is 29.8 Å². The van der Waals surface area contributed by atoms with Crippen LogP contribution in [0.15, 0.2) is 41.2 Å². The summed E-state index contributed by atoms with van der Waals surface area (Å²) in [5, 5.41) is 0.942. The Morgan fingerprint density at radius 1 is 1.03 bits per heavy atom. The van der Waals surface area contributed by atoms with Crippen LogP contribution in [0.4, 0.5) is 0 Å². The Hall–Kier alpha value is -2.50. The van der Waals surface area contributed by atoms with Crippen molar-refractivity contribution in [2.75, 3.05) is 13.1 Å². The number of aldehydes is 1. The highest BCUT2D eigenvalue weighted by Crippen LogP contribution is 2.45. The van der Waals surface area contributed by atoms with Gasteiger partial charge < -0.3 is 9.69 Å². The van der Waals surface area contributed by atoms with Gasteiger partial charge in [0.2, 0.25) is 0 Å². The second kappa shape index (κ2) is 8.56. The topological polar surface area (TPSA) is 55.2 Å². The molecule has 0 atom stereocenters. The Morgan fingerprint density at radius 2 is 1.77 bits per heavy atom. The summed E-state index contributed by atoms with van der Waals surface area (Å²) in [6.07, 6.45) is 7.85. The van der Waals surface area contributed by atoms with Gasteiger partial charge in [0.25, 0.3) is 5.56 Å². The zero-order chi connectivity index (χ0) is 24.3. The van der Waals surface area contributed by atoms with Gasteiger partial charge >= 0.3 is 0 Å². The van der Waals surface area contributed by atoms with Crippen LogP contribution in [0.3, 0.4) is 0 Å². The lowest BCUT2D eigenvalue weighted by atomic mass is 9.82. The van der Waals surface area contributed by atoms with Gasteiger partial charge in [0.05, 0.1) is 27.0 Å². The number of nitrogens with zero attached hydrogens (tertiary/aromatic N) is 3. The lowest BCUT2D eigenvalue weighted by Gasteiger charge is -2.40. The van der Waals surface area contributed by atoms with Crippen molar-refractivity contribution in [3.05, 3.63) is 68.7 Å². The normalized spacial score (nSPS) is 24.3. The molecule has 1 aromatic heterocycles. The molecule has 182 valence electrons.